The third kappa shape index (κ3) is 1.20. The number of aliphatic hydroxyl groups excluding tert-OH is 1. The zero-order valence-electron chi connectivity index (χ0n) is 5.87. The van der Waals surface area contributed by atoms with Gasteiger partial charge in [0.2, 0.25) is 0 Å². The third-order valence-electron chi connectivity index (χ3n) is 1.43. The Labute approximate surface area is 59.5 Å². The third-order valence-corrected chi connectivity index (χ3v) is 1.43. The van der Waals surface area contributed by atoms with Crippen LogP contribution in [-0.2, 0) is 0 Å². The van der Waals surface area contributed by atoms with E-state index in [9.17, 15) is 5.11 Å². The highest BCUT2D eigenvalue weighted by molar-refractivity contribution is 5.16. The summed E-state index contributed by atoms with van der Waals surface area (Å²) in [5, 5.41) is 9.18. The minimum Gasteiger partial charge on any atom is -0.466 e. The van der Waals surface area contributed by atoms with Gasteiger partial charge in [-0.2, -0.15) is 0 Å². The normalized spacial score (nSPS) is 13.5. The van der Waals surface area contributed by atoms with Gasteiger partial charge in [-0.05, 0) is 18.6 Å². The van der Waals surface area contributed by atoms with Gasteiger partial charge in [-0.25, -0.2) is 0 Å². The van der Waals surface area contributed by atoms with E-state index in [2.05, 4.69) is 0 Å². The number of hydrogen-bond donors (Lipinski definition) is 2. The first-order valence-electron chi connectivity index (χ1n) is 3.18. The van der Waals surface area contributed by atoms with Crippen LogP contribution in [0.5, 0.6) is 0 Å². The van der Waals surface area contributed by atoms with E-state index in [-0.39, 0.29) is 6.54 Å². The second-order valence-electron chi connectivity index (χ2n) is 2.22. The lowest BCUT2D eigenvalue weighted by molar-refractivity contribution is 0.157. The Balaban J connectivity index is 2.82. The summed E-state index contributed by atoms with van der Waals surface area (Å²) in [6.07, 6.45) is 0.888. The zero-order valence-corrected chi connectivity index (χ0v) is 5.87. The second kappa shape index (κ2) is 2.86. The fraction of sp³-hybridized carbons (Fsp3) is 0.429. The van der Waals surface area contributed by atoms with Crippen molar-refractivity contribution in [2.24, 2.45) is 5.73 Å². The van der Waals surface area contributed by atoms with Crippen molar-refractivity contribution in [1.82, 2.24) is 0 Å². The molecule has 56 valence electrons. The van der Waals surface area contributed by atoms with Crippen molar-refractivity contribution >= 4 is 0 Å². The van der Waals surface area contributed by atoms with E-state index in [0.717, 1.165) is 5.56 Å². The Morgan fingerprint density at radius 2 is 2.50 bits per heavy atom. The van der Waals surface area contributed by atoms with Crippen LogP contribution in [0.25, 0.3) is 0 Å². The van der Waals surface area contributed by atoms with Crippen molar-refractivity contribution in [1.29, 1.82) is 0 Å². The topological polar surface area (TPSA) is 59.4 Å². The summed E-state index contributed by atoms with van der Waals surface area (Å²) in [7, 11) is 0. The number of aryl methyl sites for hydroxylation is 1. The van der Waals surface area contributed by atoms with Crippen molar-refractivity contribution in [3.05, 3.63) is 23.7 Å². The fourth-order valence-electron chi connectivity index (χ4n) is 0.833. The maximum absolute atomic E-state index is 9.18. The molecule has 0 amide bonds. The molecule has 1 heterocycles. The Kier molecular flexibility index (Phi) is 2.09. The molecule has 3 N–H and O–H groups in total. The fourth-order valence-corrected chi connectivity index (χ4v) is 0.833. The van der Waals surface area contributed by atoms with Gasteiger partial charge in [0.05, 0.1) is 6.26 Å². The molecule has 10 heavy (non-hydrogen) atoms. The monoisotopic (exact) mass is 141 g/mol. The highest BCUT2D eigenvalue weighted by Crippen LogP contribution is 2.16. The number of aliphatic hydroxyl groups is 1. The molecule has 1 rings (SSSR count). The maximum Gasteiger partial charge on any atom is 0.136 e. The van der Waals surface area contributed by atoms with Crippen LogP contribution in [0, 0.1) is 6.92 Å². The average Bonchev–Trinajstić information content (AvgIpc) is 2.34. The van der Waals surface area contributed by atoms with E-state index in [1.165, 1.54) is 0 Å². The van der Waals surface area contributed by atoms with Crippen LogP contribution in [-0.4, -0.2) is 11.7 Å². The number of hydrogen-bond acceptors (Lipinski definition) is 3. The summed E-state index contributed by atoms with van der Waals surface area (Å²) in [5.41, 5.74) is 6.16. The first kappa shape index (κ1) is 7.31. The van der Waals surface area contributed by atoms with Gasteiger partial charge in [0, 0.05) is 6.54 Å². The highest BCUT2D eigenvalue weighted by atomic mass is 16.4. The summed E-state index contributed by atoms with van der Waals surface area (Å²) in [6, 6.07) is 1.80. The molecule has 0 radical (unpaired) electrons. The highest BCUT2D eigenvalue weighted by Gasteiger charge is 2.10. The van der Waals surface area contributed by atoms with Crippen molar-refractivity contribution in [2.45, 2.75) is 13.0 Å². The minimum atomic E-state index is -0.657. The second-order valence-corrected chi connectivity index (χ2v) is 2.22. The SMILES string of the molecule is Cc1ccoc1C(O)CN. The van der Waals surface area contributed by atoms with Crippen LogP contribution in [0.2, 0.25) is 0 Å². The van der Waals surface area contributed by atoms with Crippen molar-refractivity contribution < 1.29 is 9.52 Å². The molecule has 3 nitrogen and oxygen atoms in total. The number of nitrogens with two attached hydrogens (primary N) is 1. The van der Waals surface area contributed by atoms with Gasteiger partial charge in [-0.3, -0.25) is 0 Å². The molecule has 1 atom stereocenters. The molecule has 0 saturated heterocycles. The standard InChI is InChI=1S/C7H11NO2/c1-5-2-3-10-7(5)6(9)4-8/h2-3,6,9H,4,8H2,1H3. The van der Waals surface area contributed by atoms with Crippen LogP contribution in [0.4, 0.5) is 0 Å². The Bertz CT molecular complexity index is 207. The summed E-state index contributed by atoms with van der Waals surface area (Å²) < 4.78 is 4.99. The lowest BCUT2D eigenvalue weighted by Crippen LogP contribution is -2.11. The van der Waals surface area contributed by atoms with Crippen LogP contribution in [0.1, 0.15) is 17.4 Å². The largest absolute Gasteiger partial charge is 0.466 e. The molecular weight excluding hydrogens is 130 g/mol. The van der Waals surface area contributed by atoms with Crippen LogP contribution < -0.4 is 5.73 Å². The first-order valence-corrected chi connectivity index (χ1v) is 3.18. The molecule has 0 aliphatic heterocycles. The lowest BCUT2D eigenvalue weighted by Gasteiger charge is -2.03. The van der Waals surface area contributed by atoms with Crippen LogP contribution in [0.3, 0.4) is 0 Å². The van der Waals surface area contributed by atoms with Gasteiger partial charge in [0.1, 0.15) is 11.9 Å². The predicted molar refractivity (Wildman–Crippen MR) is 37.5 cm³/mol. The molecule has 0 fully saturated rings. The molecule has 0 spiro atoms. The quantitative estimate of drug-likeness (QED) is 0.633. The molecule has 3 heteroatoms. The summed E-state index contributed by atoms with van der Waals surface area (Å²) >= 11 is 0. The zero-order chi connectivity index (χ0) is 7.56. The number of rotatable bonds is 2. The van der Waals surface area contributed by atoms with E-state index in [4.69, 9.17) is 10.2 Å². The van der Waals surface area contributed by atoms with E-state index in [1.807, 2.05) is 6.92 Å². The Morgan fingerprint density at radius 1 is 1.80 bits per heavy atom. The first-order chi connectivity index (χ1) is 4.75. The van der Waals surface area contributed by atoms with Crippen molar-refractivity contribution in [3.8, 4) is 0 Å². The van der Waals surface area contributed by atoms with Crippen molar-refractivity contribution in [3.63, 3.8) is 0 Å². The smallest absolute Gasteiger partial charge is 0.136 e. The molecule has 0 bridgehead atoms. The summed E-state index contributed by atoms with van der Waals surface area (Å²) in [6.45, 7) is 2.08. The van der Waals surface area contributed by atoms with Gasteiger partial charge < -0.3 is 15.3 Å². The predicted octanol–water partition coefficient (Wildman–Crippen LogP) is 0.580. The van der Waals surface area contributed by atoms with Gasteiger partial charge in [0.25, 0.3) is 0 Å². The molecule has 0 saturated carbocycles. The van der Waals surface area contributed by atoms with Crippen LogP contribution >= 0.6 is 0 Å². The van der Waals surface area contributed by atoms with Gasteiger partial charge in [-0.1, -0.05) is 0 Å². The molecular formula is C7H11NO2. The molecule has 0 aromatic carbocycles. The van der Waals surface area contributed by atoms with E-state index >= 15 is 0 Å². The van der Waals surface area contributed by atoms with E-state index in [1.54, 1.807) is 12.3 Å². The lowest BCUT2D eigenvalue weighted by atomic mass is 10.2. The molecule has 1 unspecified atom stereocenters. The van der Waals surface area contributed by atoms with Gasteiger partial charge >= 0.3 is 0 Å². The molecule has 0 aliphatic carbocycles. The van der Waals surface area contributed by atoms with Crippen molar-refractivity contribution in [2.75, 3.05) is 6.54 Å². The van der Waals surface area contributed by atoms with E-state index < -0.39 is 6.10 Å². The molecule has 0 aliphatic rings. The summed E-state index contributed by atoms with van der Waals surface area (Å²) in [5.74, 6) is 0.572. The van der Waals surface area contributed by atoms with E-state index in [0.29, 0.717) is 5.76 Å². The van der Waals surface area contributed by atoms with Gasteiger partial charge in [0.15, 0.2) is 0 Å². The van der Waals surface area contributed by atoms with Crippen LogP contribution in [0.15, 0.2) is 16.7 Å². The Morgan fingerprint density at radius 3 is 2.90 bits per heavy atom. The minimum absolute atomic E-state index is 0.203. The Hall–Kier alpha value is -0.800. The van der Waals surface area contributed by atoms with Gasteiger partial charge in [-0.15, -0.1) is 0 Å². The molecule has 1 aromatic heterocycles. The molecule has 1 aromatic rings. The number of furan rings is 1. The maximum atomic E-state index is 9.18. The average molecular weight is 141 g/mol. The summed E-state index contributed by atoms with van der Waals surface area (Å²) in [4.78, 5) is 0.